The summed E-state index contributed by atoms with van der Waals surface area (Å²) >= 11 is 0. The van der Waals surface area contributed by atoms with E-state index in [0.29, 0.717) is 17.0 Å². The summed E-state index contributed by atoms with van der Waals surface area (Å²) in [4.78, 5) is 29.0. The second-order valence-corrected chi connectivity index (χ2v) is 8.61. The lowest BCUT2D eigenvalue weighted by Crippen LogP contribution is -2.51. The minimum Gasteiger partial charge on any atom is -0.503 e. The number of ether oxygens (including phenoxy) is 2. The van der Waals surface area contributed by atoms with Gasteiger partial charge >= 0.3 is 0 Å². The van der Waals surface area contributed by atoms with E-state index in [-0.39, 0.29) is 29.3 Å². The van der Waals surface area contributed by atoms with Gasteiger partial charge in [-0.3, -0.25) is 9.78 Å². The number of hydrogen-bond acceptors (Lipinski definition) is 8. The van der Waals surface area contributed by atoms with Crippen LogP contribution in [0.3, 0.4) is 0 Å². The van der Waals surface area contributed by atoms with Crippen molar-refractivity contribution in [3.05, 3.63) is 54.5 Å². The Bertz CT molecular complexity index is 1260. The highest BCUT2D eigenvalue weighted by Gasteiger charge is 2.33. The molecule has 3 aromatic rings. The van der Waals surface area contributed by atoms with Crippen LogP contribution in [0, 0.1) is 5.82 Å². The summed E-state index contributed by atoms with van der Waals surface area (Å²) in [5.74, 6) is -1.07. The van der Waals surface area contributed by atoms with Gasteiger partial charge in [0.2, 0.25) is 0 Å². The molecule has 9 nitrogen and oxygen atoms in total. The van der Waals surface area contributed by atoms with Crippen molar-refractivity contribution in [2.75, 3.05) is 13.1 Å². The molecule has 0 saturated carbocycles. The van der Waals surface area contributed by atoms with Crippen LogP contribution in [0.4, 0.5) is 4.39 Å². The molecule has 1 aliphatic rings. The highest BCUT2D eigenvalue weighted by molar-refractivity contribution is 6.66. The molecular formula is C22H18B5FN6O3. The van der Waals surface area contributed by atoms with Crippen molar-refractivity contribution < 1.29 is 18.7 Å². The van der Waals surface area contributed by atoms with E-state index < -0.39 is 16.3 Å². The molecule has 176 valence electrons. The number of halogens is 1. The SMILES string of the molecule is [B]C([B])([B])C([B])([B])Oc1cc(F)cnc1Oc1cncc(-c2ncc(C(=O)NC3CCCNC3)cn2)c1. The van der Waals surface area contributed by atoms with E-state index in [1.807, 2.05) is 0 Å². The summed E-state index contributed by atoms with van der Waals surface area (Å²) in [6.45, 7) is 1.67. The molecule has 2 N–H and O–H groups in total. The topological polar surface area (TPSA) is 111 Å². The Labute approximate surface area is 220 Å². The largest absolute Gasteiger partial charge is 0.503 e. The molecule has 1 aliphatic heterocycles. The van der Waals surface area contributed by atoms with Gasteiger partial charge in [-0.25, -0.2) is 19.3 Å². The number of nitrogens with one attached hydrogen (secondary N) is 2. The van der Waals surface area contributed by atoms with E-state index in [1.165, 1.54) is 24.8 Å². The van der Waals surface area contributed by atoms with Crippen LogP contribution in [-0.4, -0.2) is 89.6 Å². The zero-order valence-corrected chi connectivity index (χ0v) is 19.7. The van der Waals surface area contributed by atoms with E-state index in [1.54, 1.807) is 6.07 Å². The minimum atomic E-state index is -2.30. The first-order valence-electron chi connectivity index (χ1n) is 11.3. The fraction of sp³-hybridized carbons (Fsp3) is 0.318. The zero-order valence-electron chi connectivity index (χ0n) is 19.7. The maximum atomic E-state index is 13.8. The Morgan fingerprint density at radius 1 is 1.05 bits per heavy atom. The Balaban J connectivity index is 1.50. The molecule has 0 aromatic carbocycles. The molecule has 0 spiro atoms. The predicted molar refractivity (Wildman–Crippen MR) is 138 cm³/mol. The summed E-state index contributed by atoms with van der Waals surface area (Å²) in [5.41, 5.74) is 0.803. The molecule has 4 heterocycles. The van der Waals surface area contributed by atoms with E-state index in [4.69, 9.17) is 48.7 Å². The van der Waals surface area contributed by atoms with Gasteiger partial charge in [0.1, 0.15) is 27.3 Å². The molecule has 4 rings (SSSR count). The molecule has 1 unspecified atom stereocenters. The van der Waals surface area contributed by atoms with Crippen molar-refractivity contribution in [1.82, 2.24) is 30.6 Å². The molecule has 1 fully saturated rings. The smallest absolute Gasteiger partial charge is 0.262 e. The third-order valence-electron chi connectivity index (χ3n) is 5.47. The highest BCUT2D eigenvalue weighted by atomic mass is 19.1. The summed E-state index contributed by atoms with van der Waals surface area (Å²) < 4.78 is 24.9. The Kier molecular flexibility index (Phi) is 7.91. The molecule has 37 heavy (non-hydrogen) atoms. The molecule has 0 aliphatic carbocycles. The van der Waals surface area contributed by atoms with Gasteiger partial charge in [0.05, 0.1) is 41.5 Å². The van der Waals surface area contributed by atoms with Crippen LogP contribution in [0.15, 0.2) is 43.1 Å². The first-order chi connectivity index (χ1) is 17.5. The van der Waals surface area contributed by atoms with Gasteiger partial charge in [-0.2, -0.15) is 0 Å². The molecule has 0 bridgehead atoms. The number of pyridine rings is 2. The van der Waals surface area contributed by atoms with Crippen LogP contribution in [-0.2, 0) is 0 Å². The van der Waals surface area contributed by atoms with E-state index in [0.717, 1.165) is 38.2 Å². The first kappa shape index (κ1) is 26.7. The lowest BCUT2D eigenvalue weighted by molar-refractivity contribution is 0.0930. The van der Waals surface area contributed by atoms with Crippen molar-refractivity contribution in [3.8, 4) is 28.8 Å². The third kappa shape index (κ3) is 6.71. The molecule has 1 atom stereocenters. The lowest BCUT2D eigenvalue weighted by Gasteiger charge is -2.42. The van der Waals surface area contributed by atoms with Crippen molar-refractivity contribution in [1.29, 1.82) is 0 Å². The maximum absolute atomic E-state index is 13.8. The average molecular weight is 487 g/mol. The van der Waals surface area contributed by atoms with Crippen LogP contribution in [0.25, 0.3) is 11.4 Å². The number of rotatable bonds is 8. The van der Waals surface area contributed by atoms with Gasteiger partial charge in [0, 0.05) is 48.2 Å². The van der Waals surface area contributed by atoms with Crippen molar-refractivity contribution in [3.63, 3.8) is 0 Å². The molecule has 15 heteroatoms. The molecule has 1 amide bonds. The third-order valence-corrected chi connectivity index (χ3v) is 5.47. The van der Waals surface area contributed by atoms with Crippen LogP contribution < -0.4 is 20.1 Å². The number of carbonyl (C=O) groups is 1. The van der Waals surface area contributed by atoms with Crippen LogP contribution >= 0.6 is 0 Å². The molecule has 3 aromatic heterocycles. The van der Waals surface area contributed by atoms with E-state index in [9.17, 15) is 9.18 Å². The van der Waals surface area contributed by atoms with Crippen LogP contribution in [0.2, 0.25) is 5.11 Å². The lowest BCUT2D eigenvalue weighted by atomic mass is 9.28. The predicted octanol–water partition coefficient (Wildman–Crippen LogP) is 0.296. The van der Waals surface area contributed by atoms with E-state index >= 15 is 0 Å². The Morgan fingerprint density at radius 3 is 2.49 bits per heavy atom. The van der Waals surface area contributed by atoms with Gasteiger partial charge in [-0.15, -0.1) is 5.11 Å². The summed E-state index contributed by atoms with van der Waals surface area (Å²) in [6.07, 6.45) is 8.53. The summed E-state index contributed by atoms with van der Waals surface area (Å²) in [6, 6.07) is 2.55. The average Bonchev–Trinajstić information content (AvgIpc) is 2.86. The number of amides is 1. The summed E-state index contributed by atoms with van der Waals surface area (Å²) in [5, 5.41) is 1.74. The fourth-order valence-corrected chi connectivity index (χ4v) is 3.37. The Hall–Kier alpha value is -3.34. The van der Waals surface area contributed by atoms with E-state index in [2.05, 4.69) is 30.6 Å². The van der Waals surface area contributed by atoms with Gasteiger partial charge in [0.15, 0.2) is 11.6 Å². The molecule has 10 radical (unpaired) electrons. The van der Waals surface area contributed by atoms with Gasteiger partial charge in [0.25, 0.3) is 11.8 Å². The number of aromatic nitrogens is 4. The normalized spacial score (nSPS) is 16.1. The van der Waals surface area contributed by atoms with Crippen molar-refractivity contribution in [2.45, 2.75) is 29.4 Å². The first-order valence-corrected chi connectivity index (χ1v) is 11.3. The van der Waals surface area contributed by atoms with Crippen LogP contribution in [0.5, 0.6) is 17.4 Å². The maximum Gasteiger partial charge on any atom is 0.262 e. The minimum absolute atomic E-state index is 0.0626. The number of piperidine rings is 1. The highest BCUT2D eigenvalue weighted by Crippen LogP contribution is 2.36. The second-order valence-electron chi connectivity index (χ2n) is 8.61. The van der Waals surface area contributed by atoms with Gasteiger partial charge in [-0.1, -0.05) is 0 Å². The number of hydrogen-bond donors (Lipinski definition) is 2. The number of nitrogens with zero attached hydrogens (tertiary/aromatic N) is 4. The Morgan fingerprint density at radius 2 is 1.81 bits per heavy atom. The van der Waals surface area contributed by atoms with Crippen LogP contribution in [0.1, 0.15) is 23.2 Å². The molecule has 1 saturated heterocycles. The van der Waals surface area contributed by atoms with Crippen molar-refractivity contribution >= 4 is 45.1 Å². The standard InChI is InChI=1S/C22H18B5FN6O3/c23-21(24,25)22(26,27)37-17-5-14(28)9-33-20(17)36-16-4-12(6-30-11-16)18-31-7-13(8-32-18)19(35)34-15-2-1-3-29-10-15/h4-9,11,15,29H,1-3,10H2,(H,34,35). The van der Waals surface area contributed by atoms with Crippen molar-refractivity contribution in [2.24, 2.45) is 0 Å². The quantitative estimate of drug-likeness (QED) is 0.437. The second kappa shape index (κ2) is 11.0. The number of carbonyl (C=O) groups excluding carboxylic acids is 1. The summed E-state index contributed by atoms with van der Waals surface area (Å²) in [7, 11) is 28.1. The monoisotopic (exact) mass is 488 g/mol. The van der Waals surface area contributed by atoms with Gasteiger partial charge < -0.3 is 20.1 Å². The fourth-order valence-electron chi connectivity index (χ4n) is 3.37. The zero-order chi connectivity index (χ0) is 26.6. The van der Waals surface area contributed by atoms with Gasteiger partial charge in [-0.05, 0) is 25.5 Å². The molecular weight excluding hydrogens is 469 g/mol.